The first-order valence-corrected chi connectivity index (χ1v) is 7.34. The molecule has 0 aliphatic heterocycles. The first-order valence-electron chi connectivity index (χ1n) is 7.34. The topological polar surface area (TPSA) is 70.1 Å². The van der Waals surface area contributed by atoms with Crippen molar-refractivity contribution in [3.63, 3.8) is 0 Å². The molecule has 0 unspecified atom stereocenters. The lowest BCUT2D eigenvalue weighted by atomic mass is 10.1. The molecule has 0 spiro atoms. The highest BCUT2D eigenvalue weighted by molar-refractivity contribution is 5.93. The first kappa shape index (κ1) is 14.3. The van der Waals surface area contributed by atoms with Crippen LogP contribution in [0.4, 0.5) is 0 Å². The Hall–Kier alpha value is -2.69. The summed E-state index contributed by atoms with van der Waals surface area (Å²) < 4.78 is 0. The number of H-pyrrole nitrogens is 1. The Bertz CT molecular complexity index is 711. The minimum absolute atomic E-state index is 0.299. The Morgan fingerprint density at radius 3 is 2.86 bits per heavy atom. The molecule has 1 aromatic heterocycles. The predicted molar refractivity (Wildman–Crippen MR) is 86.6 cm³/mol. The average Bonchev–Trinajstić information content (AvgIpc) is 3.25. The van der Waals surface area contributed by atoms with Crippen LogP contribution in [0.1, 0.15) is 47.4 Å². The number of aromatic amines is 1. The standard InChI is InChI=1S/C17H18N4O/c1-12(9-13-5-3-2-4-6-13)11-18-21-17(22)16-10-15(19-20-16)14-7-8-14/h2-6,9-11,14H,7-8H2,1H3,(H,19,20)(H,21,22)/b12-9-,18-11-. The molecule has 0 bridgehead atoms. The van der Waals surface area contributed by atoms with Crippen LogP contribution >= 0.6 is 0 Å². The highest BCUT2D eigenvalue weighted by Gasteiger charge is 2.26. The van der Waals surface area contributed by atoms with Gasteiger partial charge in [0.1, 0.15) is 0 Å². The highest BCUT2D eigenvalue weighted by Crippen LogP contribution is 2.38. The fraction of sp³-hybridized carbons (Fsp3) is 0.235. The van der Waals surface area contributed by atoms with Crippen LogP contribution in [0, 0.1) is 0 Å². The van der Waals surface area contributed by atoms with Gasteiger partial charge < -0.3 is 0 Å². The Balaban J connectivity index is 1.56. The molecule has 112 valence electrons. The number of rotatable bonds is 5. The van der Waals surface area contributed by atoms with Gasteiger partial charge in [-0.05, 0) is 37.0 Å². The Morgan fingerprint density at radius 1 is 1.36 bits per heavy atom. The molecule has 0 saturated heterocycles. The Kier molecular flexibility index (Phi) is 4.14. The van der Waals surface area contributed by atoms with Crippen molar-refractivity contribution < 1.29 is 4.79 Å². The summed E-state index contributed by atoms with van der Waals surface area (Å²) in [6.45, 7) is 1.93. The molecule has 2 aromatic rings. The number of nitrogens with zero attached hydrogens (tertiary/aromatic N) is 2. The van der Waals surface area contributed by atoms with Gasteiger partial charge in [-0.25, -0.2) is 5.43 Å². The van der Waals surface area contributed by atoms with E-state index in [1.54, 1.807) is 12.3 Å². The van der Waals surface area contributed by atoms with Gasteiger partial charge in [-0.1, -0.05) is 36.4 Å². The van der Waals surface area contributed by atoms with Gasteiger partial charge in [0.2, 0.25) is 0 Å². The molecule has 5 nitrogen and oxygen atoms in total. The second-order valence-electron chi connectivity index (χ2n) is 5.48. The van der Waals surface area contributed by atoms with Gasteiger partial charge in [0, 0.05) is 11.6 Å². The van der Waals surface area contributed by atoms with Crippen LogP contribution in [0.2, 0.25) is 0 Å². The molecule has 1 aliphatic carbocycles. The highest BCUT2D eigenvalue weighted by atomic mass is 16.2. The monoisotopic (exact) mass is 294 g/mol. The molecule has 0 atom stereocenters. The SMILES string of the molecule is CC(/C=N\NC(=O)c1cc(C2CC2)[nH]n1)=C/c1ccccc1. The number of carbonyl (C=O) groups is 1. The first-order chi connectivity index (χ1) is 10.7. The van der Waals surface area contributed by atoms with Gasteiger partial charge in [-0.15, -0.1) is 0 Å². The predicted octanol–water partition coefficient (Wildman–Crippen LogP) is 3.11. The fourth-order valence-corrected chi connectivity index (χ4v) is 2.16. The van der Waals surface area contributed by atoms with E-state index in [9.17, 15) is 4.79 Å². The van der Waals surface area contributed by atoms with Crippen LogP contribution in [-0.2, 0) is 0 Å². The maximum absolute atomic E-state index is 11.9. The van der Waals surface area contributed by atoms with Gasteiger partial charge in [0.25, 0.3) is 5.91 Å². The molecule has 1 aliphatic rings. The van der Waals surface area contributed by atoms with E-state index in [1.807, 2.05) is 43.3 Å². The number of hydrogen-bond acceptors (Lipinski definition) is 3. The van der Waals surface area contributed by atoms with Crippen molar-refractivity contribution in [2.45, 2.75) is 25.7 Å². The van der Waals surface area contributed by atoms with Crippen molar-refractivity contribution in [3.05, 3.63) is 58.9 Å². The molecule has 3 rings (SSSR count). The number of benzene rings is 1. The molecule has 1 aromatic carbocycles. The second kappa shape index (κ2) is 6.39. The van der Waals surface area contributed by atoms with Crippen molar-refractivity contribution in [1.82, 2.24) is 15.6 Å². The molecule has 0 radical (unpaired) electrons. The van der Waals surface area contributed by atoms with Crippen LogP contribution in [0.15, 0.2) is 47.1 Å². The van der Waals surface area contributed by atoms with Gasteiger partial charge in [0.15, 0.2) is 5.69 Å². The zero-order chi connectivity index (χ0) is 15.4. The van der Waals surface area contributed by atoms with E-state index in [-0.39, 0.29) is 5.91 Å². The van der Waals surface area contributed by atoms with E-state index in [0.29, 0.717) is 11.6 Å². The van der Waals surface area contributed by atoms with Crippen molar-refractivity contribution >= 4 is 18.2 Å². The number of hydrazone groups is 1. The lowest BCUT2D eigenvalue weighted by molar-refractivity contribution is 0.0950. The van der Waals surface area contributed by atoms with E-state index in [2.05, 4.69) is 20.7 Å². The quantitative estimate of drug-likeness (QED) is 0.657. The fourth-order valence-electron chi connectivity index (χ4n) is 2.16. The second-order valence-corrected chi connectivity index (χ2v) is 5.48. The minimum Gasteiger partial charge on any atom is -0.281 e. The summed E-state index contributed by atoms with van der Waals surface area (Å²) in [5.41, 5.74) is 5.96. The van der Waals surface area contributed by atoms with E-state index >= 15 is 0 Å². The summed E-state index contributed by atoms with van der Waals surface area (Å²) in [5, 5.41) is 10.9. The molecule has 1 amide bonds. The zero-order valence-electron chi connectivity index (χ0n) is 12.4. The summed E-state index contributed by atoms with van der Waals surface area (Å²) in [4.78, 5) is 11.9. The van der Waals surface area contributed by atoms with Crippen LogP contribution in [0.3, 0.4) is 0 Å². The van der Waals surface area contributed by atoms with Gasteiger partial charge >= 0.3 is 0 Å². The molecular formula is C17H18N4O. The number of amides is 1. The molecule has 2 N–H and O–H groups in total. The third-order valence-electron chi connectivity index (χ3n) is 3.48. The summed E-state index contributed by atoms with van der Waals surface area (Å²) in [5.74, 6) is 0.250. The van der Waals surface area contributed by atoms with Crippen LogP contribution in [0.25, 0.3) is 6.08 Å². The van der Waals surface area contributed by atoms with Gasteiger partial charge in [-0.2, -0.15) is 10.2 Å². The molecule has 5 heteroatoms. The number of hydrogen-bond donors (Lipinski definition) is 2. The van der Waals surface area contributed by atoms with Crippen molar-refractivity contribution in [2.75, 3.05) is 0 Å². The van der Waals surface area contributed by atoms with Crippen molar-refractivity contribution in [1.29, 1.82) is 0 Å². The molecule has 1 saturated carbocycles. The lowest BCUT2D eigenvalue weighted by Gasteiger charge is -1.96. The third-order valence-corrected chi connectivity index (χ3v) is 3.48. The summed E-state index contributed by atoms with van der Waals surface area (Å²) >= 11 is 0. The Labute approximate surface area is 129 Å². The van der Waals surface area contributed by atoms with Crippen LogP contribution in [0.5, 0.6) is 0 Å². The Morgan fingerprint density at radius 2 is 2.14 bits per heavy atom. The maximum Gasteiger partial charge on any atom is 0.291 e. The lowest BCUT2D eigenvalue weighted by Crippen LogP contribution is -2.17. The maximum atomic E-state index is 11.9. The summed E-state index contributed by atoms with van der Waals surface area (Å²) in [7, 11) is 0. The summed E-state index contributed by atoms with van der Waals surface area (Å²) in [6.07, 6.45) is 5.96. The van der Waals surface area contributed by atoms with Gasteiger partial charge in [-0.3, -0.25) is 9.89 Å². The molecule has 1 heterocycles. The van der Waals surface area contributed by atoms with Crippen molar-refractivity contribution in [2.24, 2.45) is 5.10 Å². The van der Waals surface area contributed by atoms with E-state index < -0.39 is 0 Å². The van der Waals surface area contributed by atoms with Gasteiger partial charge in [0.05, 0.1) is 6.21 Å². The van der Waals surface area contributed by atoms with Crippen molar-refractivity contribution in [3.8, 4) is 0 Å². The van der Waals surface area contributed by atoms with E-state index in [4.69, 9.17) is 0 Å². The summed E-state index contributed by atoms with van der Waals surface area (Å²) in [6, 6.07) is 11.8. The van der Waals surface area contributed by atoms with E-state index in [1.165, 1.54) is 12.8 Å². The minimum atomic E-state index is -0.299. The zero-order valence-corrected chi connectivity index (χ0v) is 12.4. The van der Waals surface area contributed by atoms with E-state index in [0.717, 1.165) is 16.8 Å². The average molecular weight is 294 g/mol. The normalized spacial score (nSPS) is 15.2. The number of aromatic nitrogens is 2. The third kappa shape index (κ3) is 3.69. The molecular weight excluding hydrogens is 276 g/mol. The number of nitrogens with one attached hydrogen (secondary N) is 2. The molecule has 1 fully saturated rings. The number of carbonyl (C=O) groups excluding carboxylic acids is 1. The number of allylic oxidation sites excluding steroid dienone is 1. The molecule has 22 heavy (non-hydrogen) atoms. The van der Waals surface area contributed by atoms with Crippen LogP contribution in [-0.4, -0.2) is 22.3 Å². The smallest absolute Gasteiger partial charge is 0.281 e. The largest absolute Gasteiger partial charge is 0.291 e. The van der Waals surface area contributed by atoms with Crippen LogP contribution < -0.4 is 5.43 Å².